The Kier molecular flexibility index (Phi) is 4.75. The lowest BCUT2D eigenvalue weighted by Crippen LogP contribution is -2.13. The number of primary amides is 1. The number of carbonyl (C=O) groups excluding carboxylic acids is 1. The van der Waals surface area contributed by atoms with Crippen LogP contribution in [0.15, 0.2) is 12.3 Å². The smallest absolute Gasteiger partial charge is 0.342 e. The molecule has 19 heavy (non-hydrogen) atoms. The molecule has 0 aliphatic heterocycles. The number of pyridine rings is 1. The molecule has 0 aliphatic carbocycles. The van der Waals surface area contributed by atoms with Gasteiger partial charge >= 0.3 is 11.7 Å². The first-order valence-corrected chi connectivity index (χ1v) is 5.31. The number of nitrogens with two attached hydrogens (primary N) is 1. The zero-order valence-electron chi connectivity index (χ0n) is 9.83. The van der Waals surface area contributed by atoms with E-state index in [0.29, 0.717) is 13.0 Å². The van der Waals surface area contributed by atoms with E-state index in [9.17, 15) is 19.7 Å². The Labute approximate surface area is 107 Å². The first kappa shape index (κ1) is 14.4. The number of carboxylic acids is 1. The van der Waals surface area contributed by atoms with Gasteiger partial charge in [-0.25, -0.2) is 9.78 Å². The number of carboxylic acid groups (broad SMARTS) is 1. The zero-order valence-corrected chi connectivity index (χ0v) is 9.83. The maximum Gasteiger partial charge on any atom is 0.342 e. The van der Waals surface area contributed by atoms with Gasteiger partial charge in [-0.05, 0) is 6.42 Å². The fourth-order valence-corrected chi connectivity index (χ4v) is 1.34. The molecule has 0 fully saturated rings. The largest absolute Gasteiger partial charge is 0.477 e. The van der Waals surface area contributed by atoms with Crippen molar-refractivity contribution in [2.24, 2.45) is 5.73 Å². The molecule has 1 aromatic rings. The van der Waals surface area contributed by atoms with Crippen molar-refractivity contribution < 1.29 is 19.6 Å². The Morgan fingerprint density at radius 2 is 2.21 bits per heavy atom. The molecular weight excluding hydrogens is 256 g/mol. The topological polar surface area (TPSA) is 148 Å². The summed E-state index contributed by atoms with van der Waals surface area (Å²) in [5, 5.41) is 22.2. The summed E-state index contributed by atoms with van der Waals surface area (Å²) in [7, 11) is 0. The third kappa shape index (κ3) is 4.22. The number of hydrogen-bond acceptors (Lipinski definition) is 6. The molecule has 0 spiro atoms. The number of nitro groups is 1. The van der Waals surface area contributed by atoms with Crippen LogP contribution in [0.1, 0.15) is 23.2 Å². The monoisotopic (exact) mass is 268 g/mol. The summed E-state index contributed by atoms with van der Waals surface area (Å²) in [6, 6.07) is 1.07. The number of aromatic carboxylic acids is 1. The first-order valence-electron chi connectivity index (χ1n) is 5.31. The van der Waals surface area contributed by atoms with Crippen LogP contribution in [0.3, 0.4) is 0 Å². The Balaban J connectivity index is 2.76. The summed E-state index contributed by atoms with van der Waals surface area (Å²) in [6.45, 7) is 0.354. The number of nitrogens with zero attached hydrogens (tertiary/aromatic N) is 2. The van der Waals surface area contributed by atoms with E-state index in [1.54, 1.807) is 0 Å². The van der Waals surface area contributed by atoms with Crippen LogP contribution in [0.5, 0.6) is 0 Å². The van der Waals surface area contributed by atoms with E-state index in [2.05, 4.69) is 10.3 Å². The van der Waals surface area contributed by atoms with Crippen LogP contribution < -0.4 is 11.1 Å². The van der Waals surface area contributed by atoms with Crippen molar-refractivity contribution in [3.05, 3.63) is 27.9 Å². The van der Waals surface area contributed by atoms with Gasteiger partial charge < -0.3 is 16.2 Å². The van der Waals surface area contributed by atoms with Gasteiger partial charge in [-0.1, -0.05) is 0 Å². The lowest BCUT2D eigenvalue weighted by Gasteiger charge is -2.05. The van der Waals surface area contributed by atoms with Gasteiger partial charge in [-0.3, -0.25) is 14.9 Å². The van der Waals surface area contributed by atoms with Crippen molar-refractivity contribution in [2.75, 3.05) is 11.9 Å². The second-order valence-electron chi connectivity index (χ2n) is 3.65. The predicted molar refractivity (Wildman–Crippen MR) is 64.8 cm³/mol. The van der Waals surface area contributed by atoms with E-state index in [1.807, 2.05) is 0 Å². The van der Waals surface area contributed by atoms with Crippen LogP contribution >= 0.6 is 0 Å². The average Bonchev–Trinajstić information content (AvgIpc) is 2.33. The minimum atomic E-state index is -1.41. The summed E-state index contributed by atoms with van der Waals surface area (Å²) in [5.74, 6) is -1.66. The van der Waals surface area contributed by atoms with E-state index in [4.69, 9.17) is 10.8 Å². The lowest BCUT2D eigenvalue weighted by molar-refractivity contribution is -0.385. The molecular formula is C10H12N4O5. The van der Waals surface area contributed by atoms with E-state index in [-0.39, 0.29) is 12.2 Å². The highest BCUT2D eigenvalue weighted by atomic mass is 16.6. The van der Waals surface area contributed by atoms with E-state index < -0.39 is 28.1 Å². The molecule has 0 aromatic carbocycles. The van der Waals surface area contributed by atoms with Gasteiger partial charge in [-0.15, -0.1) is 0 Å². The van der Waals surface area contributed by atoms with E-state index in [0.717, 1.165) is 12.3 Å². The van der Waals surface area contributed by atoms with Crippen LogP contribution in [0.2, 0.25) is 0 Å². The highest BCUT2D eigenvalue weighted by molar-refractivity contribution is 5.93. The summed E-state index contributed by atoms with van der Waals surface area (Å²) >= 11 is 0. The van der Waals surface area contributed by atoms with Crippen LogP contribution in [-0.4, -0.2) is 33.4 Å². The molecule has 102 valence electrons. The van der Waals surface area contributed by atoms with Gasteiger partial charge in [0.05, 0.1) is 4.92 Å². The predicted octanol–water partition coefficient (Wildman–Crippen LogP) is 0.365. The number of aromatic nitrogens is 1. The quantitative estimate of drug-likeness (QED) is 0.367. The van der Waals surface area contributed by atoms with Gasteiger partial charge in [0.2, 0.25) is 5.91 Å². The highest BCUT2D eigenvalue weighted by Crippen LogP contribution is 2.20. The van der Waals surface area contributed by atoms with Crippen molar-refractivity contribution in [1.29, 1.82) is 0 Å². The molecule has 1 amide bonds. The molecule has 4 N–H and O–H groups in total. The van der Waals surface area contributed by atoms with Crippen LogP contribution in [0.4, 0.5) is 11.5 Å². The van der Waals surface area contributed by atoms with Crippen LogP contribution in [0.25, 0.3) is 0 Å². The fraction of sp³-hybridized carbons (Fsp3) is 0.300. The third-order valence-corrected chi connectivity index (χ3v) is 2.22. The maximum atomic E-state index is 10.9. The standard InChI is InChI=1S/C10H12N4O5/c11-8(15)2-1-3-12-9-4-6(10(16)17)7(5-13-9)14(18)19/h4-5H,1-3H2,(H2,11,15)(H,12,13)(H,16,17). The van der Waals surface area contributed by atoms with E-state index in [1.165, 1.54) is 0 Å². The molecule has 9 heteroatoms. The molecule has 0 aliphatic rings. The number of carbonyl (C=O) groups is 2. The average molecular weight is 268 g/mol. The Hall–Kier alpha value is -2.71. The summed E-state index contributed by atoms with van der Waals surface area (Å²) in [5.41, 5.74) is 3.93. The normalized spacial score (nSPS) is 9.89. The Morgan fingerprint density at radius 3 is 2.74 bits per heavy atom. The molecule has 0 radical (unpaired) electrons. The summed E-state index contributed by atoms with van der Waals surface area (Å²) < 4.78 is 0. The zero-order chi connectivity index (χ0) is 14.4. The molecule has 0 saturated heterocycles. The van der Waals surface area contributed by atoms with Crippen molar-refractivity contribution in [2.45, 2.75) is 12.8 Å². The van der Waals surface area contributed by atoms with Crippen LogP contribution in [-0.2, 0) is 4.79 Å². The van der Waals surface area contributed by atoms with Crippen molar-refractivity contribution >= 4 is 23.4 Å². The number of anilines is 1. The van der Waals surface area contributed by atoms with Gasteiger partial charge in [0.25, 0.3) is 0 Å². The Morgan fingerprint density at radius 1 is 1.53 bits per heavy atom. The van der Waals surface area contributed by atoms with Crippen molar-refractivity contribution in [1.82, 2.24) is 4.98 Å². The maximum absolute atomic E-state index is 10.9. The molecule has 0 bridgehead atoms. The number of hydrogen-bond donors (Lipinski definition) is 3. The molecule has 0 saturated carbocycles. The van der Waals surface area contributed by atoms with Gasteiger partial charge in [-0.2, -0.15) is 0 Å². The highest BCUT2D eigenvalue weighted by Gasteiger charge is 2.20. The molecule has 1 heterocycles. The van der Waals surface area contributed by atoms with Crippen molar-refractivity contribution in [3.8, 4) is 0 Å². The minimum Gasteiger partial charge on any atom is -0.477 e. The van der Waals surface area contributed by atoms with Crippen LogP contribution in [0, 0.1) is 10.1 Å². The molecule has 9 nitrogen and oxygen atoms in total. The summed E-state index contributed by atoms with van der Waals surface area (Å²) in [4.78, 5) is 34.9. The van der Waals surface area contributed by atoms with Crippen molar-refractivity contribution in [3.63, 3.8) is 0 Å². The number of amides is 1. The Bertz CT molecular complexity index is 517. The van der Waals surface area contributed by atoms with Gasteiger partial charge in [0.15, 0.2) is 0 Å². The molecule has 1 rings (SSSR count). The second kappa shape index (κ2) is 6.28. The summed E-state index contributed by atoms with van der Waals surface area (Å²) in [6.07, 6.45) is 1.52. The van der Waals surface area contributed by atoms with E-state index >= 15 is 0 Å². The number of rotatable bonds is 7. The SMILES string of the molecule is NC(=O)CCCNc1cc(C(=O)O)c([N+](=O)[O-])cn1. The van der Waals surface area contributed by atoms with Gasteiger partial charge in [0.1, 0.15) is 17.6 Å². The molecule has 0 atom stereocenters. The molecule has 0 unspecified atom stereocenters. The first-order chi connectivity index (χ1) is 8.91. The molecule has 1 aromatic heterocycles. The second-order valence-corrected chi connectivity index (χ2v) is 3.65. The number of nitrogens with one attached hydrogen (secondary N) is 1. The van der Waals surface area contributed by atoms with Gasteiger partial charge in [0, 0.05) is 19.0 Å². The fourth-order valence-electron chi connectivity index (χ4n) is 1.34. The lowest BCUT2D eigenvalue weighted by atomic mass is 10.2. The minimum absolute atomic E-state index is 0.186. The third-order valence-electron chi connectivity index (χ3n) is 2.22.